The van der Waals surface area contributed by atoms with Crippen LogP contribution in [0.2, 0.25) is 0 Å². The number of ether oxygens (including phenoxy) is 1. The summed E-state index contributed by atoms with van der Waals surface area (Å²) < 4.78 is 5.40. The van der Waals surface area contributed by atoms with E-state index in [1.54, 1.807) is 6.08 Å². The summed E-state index contributed by atoms with van der Waals surface area (Å²) in [6.45, 7) is 5.10. The molecule has 1 saturated carbocycles. The Labute approximate surface area is 126 Å². The highest BCUT2D eigenvalue weighted by atomic mass is 16.5. The lowest BCUT2D eigenvalue weighted by Crippen LogP contribution is -2.48. The van der Waals surface area contributed by atoms with Crippen LogP contribution in [0.15, 0.2) is 48.1 Å². The molecule has 0 amide bonds. The number of fused-ring (bicyclic) bond motifs is 1. The molecule has 0 radical (unpaired) electrons. The minimum Gasteiger partial charge on any atom is -0.458 e. The molecule has 0 aliphatic heterocycles. The van der Waals surface area contributed by atoms with E-state index in [1.807, 2.05) is 30.3 Å². The molecule has 0 aromatic heterocycles. The molecular formula is C19H22O2. The van der Waals surface area contributed by atoms with Crippen LogP contribution in [0.25, 0.3) is 6.08 Å². The minimum atomic E-state index is -0.265. The largest absolute Gasteiger partial charge is 0.458 e. The summed E-state index contributed by atoms with van der Waals surface area (Å²) in [7, 11) is 0. The second kappa shape index (κ2) is 5.51. The van der Waals surface area contributed by atoms with E-state index in [4.69, 9.17) is 4.74 Å². The first-order chi connectivity index (χ1) is 10.1. The topological polar surface area (TPSA) is 26.3 Å². The van der Waals surface area contributed by atoms with E-state index in [0.29, 0.717) is 17.9 Å². The highest BCUT2D eigenvalue weighted by molar-refractivity contribution is 5.87. The van der Waals surface area contributed by atoms with Gasteiger partial charge in [0.25, 0.3) is 0 Å². The Morgan fingerprint density at radius 1 is 1.33 bits per heavy atom. The quantitative estimate of drug-likeness (QED) is 0.469. The van der Waals surface area contributed by atoms with Gasteiger partial charge in [-0.15, -0.1) is 0 Å². The van der Waals surface area contributed by atoms with E-state index < -0.39 is 0 Å². The Morgan fingerprint density at radius 2 is 2.10 bits per heavy atom. The monoisotopic (exact) mass is 282 g/mol. The average Bonchev–Trinajstić information content (AvgIpc) is 2.52. The predicted molar refractivity (Wildman–Crippen MR) is 84.5 cm³/mol. The summed E-state index contributed by atoms with van der Waals surface area (Å²) in [5.74, 6) is 1.15. The molecule has 21 heavy (non-hydrogen) atoms. The molecule has 110 valence electrons. The summed E-state index contributed by atoms with van der Waals surface area (Å²) >= 11 is 0. The van der Waals surface area contributed by atoms with Gasteiger partial charge in [0.2, 0.25) is 0 Å². The molecular weight excluding hydrogens is 260 g/mol. The fourth-order valence-electron chi connectivity index (χ4n) is 3.57. The lowest BCUT2D eigenvalue weighted by atomic mass is 9.49. The predicted octanol–water partition coefficient (Wildman–Crippen LogP) is 4.24. The maximum absolute atomic E-state index is 11.8. The standard InChI is InChI=1S/C19H22O2/c1-19(2)16-10-9-15(17(19)12-16)13-21-18(20)11-8-14-6-4-3-5-7-14/h3-9,11,16-17H,10,12-13H2,1-2H3/b11-8+/t16-,17-/m1/s1. The van der Waals surface area contributed by atoms with Gasteiger partial charge in [0.05, 0.1) is 0 Å². The molecule has 3 aliphatic carbocycles. The van der Waals surface area contributed by atoms with E-state index in [0.717, 1.165) is 17.9 Å². The number of hydrogen-bond acceptors (Lipinski definition) is 2. The van der Waals surface area contributed by atoms with Crippen molar-refractivity contribution >= 4 is 12.0 Å². The van der Waals surface area contributed by atoms with Crippen LogP contribution in [0.4, 0.5) is 0 Å². The third-order valence-corrected chi connectivity index (χ3v) is 5.18. The van der Waals surface area contributed by atoms with Crippen molar-refractivity contribution in [2.45, 2.75) is 26.7 Å². The van der Waals surface area contributed by atoms with Crippen LogP contribution in [0.5, 0.6) is 0 Å². The van der Waals surface area contributed by atoms with Crippen LogP contribution in [0, 0.1) is 17.3 Å². The van der Waals surface area contributed by atoms with Crippen molar-refractivity contribution in [3.05, 3.63) is 53.6 Å². The van der Waals surface area contributed by atoms with Crippen LogP contribution in [-0.2, 0) is 9.53 Å². The lowest BCUT2D eigenvalue weighted by molar-refractivity contribution is -0.137. The molecule has 0 N–H and O–H groups in total. The summed E-state index contributed by atoms with van der Waals surface area (Å²) in [6.07, 6.45) is 7.97. The molecule has 0 heterocycles. The number of esters is 1. The van der Waals surface area contributed by atoms with Crippen molar-refractivity contribution < 1.29 is 9.53 Å². The maximum Gasteiger partial charge on any atom is 0.331 e. The van der Waals surface area contributed by atoms with Crippen LogP contribution in [0.1, 0.15) is 32.3 Å². The molecule has 1 aromatic carbocycles. The van der Waals surface area contributed by atoms with Gasteiger partial charge < -0.3 is 4.74 Å². The van der Waals surface area contributed by atoms with Gasteiger partial charge in [0.15, 0.2) is 0 Å². The van der Waals surface area contributed by atoms with Crippen molar-refractivity contribution in [3.63, 3.8) is 0 Å². The first-order valence-corrected chi connectivity index (χ1v) is 7.66. The summed E-state index contributed by atoms with van der Waals surface area (Å²) in [5.41, 5.74) is 2.70. The van der Waals surface area contributed by atoms with E-state index in [1.165, 1.54) is 18.1 Å². The molecule has 3 aliphatic rings. The van der Waals surface area contributed by atoms with E-state index in [-0.39, 0.29) is 5.97 Å². The van der Waals surface area contributed by atoms with Gasteiger partial charge >= 0.3 is 5.97 Å². The minimum absolute atomic E-state index is 0.265. The Kier molecular flexibility index (Phi) is 3.71. The van der Waals surface area contributed by atoms with Gasteiger partial charge in [-0.2, -0.15) is 0 Å². The fraction of sp³-hybridized carbons (Fsp3) is 0.421. The fourth-order valence-corrected chi connectivity index (χ4v) is 3.57. The SMILES string of the molecule is CC1(C)[C@@H]2CC=C(COC(=O)/C=C/c3ccccc3)[C@H]1C2. The van der Waals surface area contributed by atoms with Crippen LogP contribution in [-0.4, -0.2) is 12.6 Å². The zero-order valence-corrected chi connectivity index (χ0v) is 12.7. The van der Waals surface area contributed by atoms with Gasteiger partial charge in [0.1, 0.15) is 6.61 Å². The van der Waals surface area contributed by atoms with Crippen molar-refractivity contribution in [3.8, 4) is 0 Å². The van der Waals surface area contributed by atoms with Gasteiger partial charge in [-0.3, -0.25) is 0 Å². The first kappa shape index (κ1) is 14.1. The van der Waals surface area contributed by atoms with Gasteiger partial charge in [-0.25, -0.2) is 4.79 Å². The van der Waals surface area contributed by atoms with E-state index in [9.17, 15) is 4.79 Å². The maximum atomic E-state index is 11.8. The highest BCUT2D eigenvalue weighted by Gasteiger charge is 2.51. The molecule has 2 atom stereocenters. The molecule has 2 heteroatoms. The van der Waals surface area contributed by atoms with E-state index >= 15 is 0 Å². The molecule has 0 saturated heterocycles. The molecule has 2 bridgehead atoms. The van der Waals surface area contributed by atoms with Crippen molar-refractivity contribution in [2.24, 2.45) is 17.3 Å². The number of hydrogen-bond donors (Lipinski definition) is 0. The van der Waals surface area contributed by atoms with Gasteiger partial charge in [-0.05, 0) is 47.3 Å². The van der Waals surface area contributed by atoms with Crippen LogP contribution < -0.4 is 0 Å². The van der Waals surface area contributed by atoms with Gasteiger partial charge in [0, 0.05) is 6.08 Å². The Morgan fingerprint density at radius 3 is 2.76 bits per heavy atom. The summed E-state index contributed by atoms with van der Waals surface area (Å²) in [5, 5.41) is 0. The zero-order valence-electron chi connectivity index (χ0n) is 12.7. The number of benzene rings is 1. The smallest absolute Gasteiger partial charge is 0.331 e. The molecule has 2 nitrogen and oxygen atoms in total. The highest BCUT2D eigenvalue weighted by Crippen LogP contribution is 2.59. The molecule has 4 rings (SSSR count). The Hall–Kier alpha value is -1.83. The molecule has 1 fully saturated rings. The molecule has 0 spiro atoms. The van der Waals surface area contributed by atoms with Gasteiger partial charge in [-0.1, -0.05) is 50.3 Å². The Bertz CT molecular complexity index is 581. The zero-order chi connectivity index (χ0) is 14.9. The number of carbonyl (C=O) groups excluding carboxylic acids is 1. The van der Waals surface area contributed by atoms with Crippen molar-refractivity contribution in [1.29, 1.82) is 0 Å². The van der Waals surface area contributed by atoms with Crippen LogP contribution >= 0.6 is 0 Å². The Balaban J connectivity index is 1.53. The second-order valence-corrected chi connectivity index (χ2v) is 6.67. The van der Waals surface area contributed by atoms with Crippen molar-refractivity contribution in [2.75, 3.05) is 6.61 Å². The average molecular weight is 282 g/mol. The molecule has 0 unspecified atom stereocenters. The third-order valence-electron chi connectivity index (χ3n) is 5.18. The number of rotatable bonds is 4. The normalized spacial score (nSPS) is 26.1. The van der Waals surface area contributed by atoms with E-state index in [2.05, 4.69) is 19.9 Å². The van der Waals surface area contributed by atoms with Crippen molar-refractivity contribution in [1.82, 2.24) is 0 Å². The van der Waals surface area contributed by atoms with Crippen LogP contribution in [0.3, 0.4) is 0 Å². The summed E-state index contributed by atoms with van der Waals surface area (Å²) in [6, 6.07) is 9.79. The molecule has 1 aromatic rings. The summed E-state index contributed by atoms with van der Waals surface area (Å²) in [4.78, 5) is 11.8. The lowest BCUT2D eigenvalue weighted by Gasteiger charge is -2.56. The second-order valence-electron chi connectivity index (χ2n) is 6.67. The number of carbonyl (C=O) groups is 1. The first-order valence-electron chi connectivity index (χ1n) is 7.66. The number of allylic oxidation sites excluding steroid dienone is 1. The third kappa shape index (κ3) is 2.80.